The molecule has 21 heavy (non-hydrogen) atoms. The lowest BCUT2D eigenvalue weighted by Crippen LogP contribution is -2.44. The van der Waals surface area contributed by atoms with E-state index in [2.05, 4.69) is 19.2 Å². The summed E-state index contributed by atoms with van der Waals surface area (Å²) in [5, 5.41) is 3.68. The molecule has 4 heteroatoms. The summed E-state index contributed by atoms with van der Waals surface area (Å²) >= 11 is 0. The molecule has 1 rings (SSSR count). The first-order valence-electron chi connectivity index (χ1n) is 8.38. The third kappa shape index (κ3) is 6.68. The Balaban J connectivity index is 2.22. The minimum absolute atomic E-state index is 0.234. The number of nitrogens with one attached hydrogen (secondary N) is 1. The summed E-state index contributed by atoms with van der Waals surface area (Å²) in [6, 6.07) is 0.630. The van der Waals surface area contributed by atoms with E-state index < -0.39 is 5.60 Å². The molecule has 2 atom stereocenters. The van der Waals surface area contributed by atoms with Gasteiger partial charge in [0.1, 0.15) is 5.60 Å². The van der Waals surface area contributed by atoms with Crippen LogP contribution in [0.2, 0.25) is 0 Å². The van der Waals surface area contributed by atoms with Gasteiger partial charge in [-0.3, -0.25) is 0 Å². The molecular formula is C17H34N2O2. The molecule has 0 spiro atoms. The van der Waals surface area contributed by atoms with Crippen LogP contribution in [0.4, 0.5) is 4.79 Å². The summed E-state index contributed by atoms with van der Waals surface area (Å²) in [6.45, 7) is 12.1. The van der Waals surface area contributed by atoms with E-state index in [1.807, 2.05) is 20.8 Å². The van der Waals surface area contributed by atoms with Crippen molar-refractivity contribution in [2.75, 3.05) is 20.1 Å². The van der Waals surface area contributed by atoms with E-state index in [0.29, 0.717) is 6.04 Å². The monoisotopic (exact) mass is 298 g/mol. The first kappa shape index (κ1) is 18.3. The molecule has 1 aliphatic carbocycles. The van der Waals surface area contributed by atoms with Gasteiger partial charge in [0.2, 0.25) is 0 Å². The highest BCUT2D eigenvalue weighted by molar-refractivity contribution is 5.67. The summed E-state index contributed by atoms with van der Waals surface area (Å²) in [7, 11) is 1.81. The van der Waals surface area contributed by atoms with Crippen LogP contribution in [0.15, 0.2) is 0 Å². The number of ether oxygens (including phenoxy) is 1. The van der Waals surface area contributed by atoms with E-state index in [0.717, 1.165) is 31.3 Å². The summed E-state index contributed by atoms with van der Waals surface area (Å²) in [5.74, 6) is 1.52. The van der Waals surface area contributed by atoms with Gasteiger partial charge in [-0.25, -0.2) is 4.79 Å². The Morgan fingerprint density at radius 2 is 1.81 bits per heavy atom. The molecule has 0 aliphatic heterocycles. The van der Waals surface area contributed by atoms with Crippen LogP contribution in [0, 0.1) is 11.8 Å². The van der Waals surface area contributed by atoms with Crippen molar-refractivity contribution < 1.29 is 9.53 Å². The van der Waals surface area contributed by atoms with Crippen molar-refractivity contribution in [1.82, 2.24) is 10.2 Å². The van der Waals surface area contributed by atoms with Gasteiger partial charge in [-0.15, -0.1) is 0 Å². The van der Waals surface area contributed by atoms with Crippen molar-refractivity contribution in [3.63, 3.8) is 0 Å². The Hall–Kier alpha value is -0.770. The van der Waals surface area contributed by atoms with Crippen molar-refractivity contribution in [2.24, 2.45) is 11.8 Å². The zero-order chi connectivity index (χ0) is 16.0. The smallest absolute Gasteiger partial charge is 0.410 e. The molecule has 1 aliphatic rings. The van der Waals surface area contributed by atoms with Crippen molar-refractivity contribution in [3.05, 3.63) is 0 Å². The first-order chi connectivity index (χ1) is 9.70. The maximum atomic E-state index is 11.8. The Morgan fingerprint density at radius 1 is 1.24 bits per heavy atom. The van der Waals surface area contributed by atoms with Crippen LogP contribution in [0.5, 0.6) is 0 Å². The van der Waals surface area contributed by atoms with Gasteiger partial charge in [0.25, 0.3) is 0 Å². The molecule has 124 valence electrons. The second kappa shape index (κ2) is 8.02. The molecule has 1 saturated carbocycles. The fourth-order valence-corrected chi connectivity index (χ4v) is 3.10. The minimum Gasteiger partial charge on any atom is -0.444 e. The standard InChI is InChI=1S/C17H34N2O2/c1-13-9-7-10-14(2)15(13)18-11-8-12-19(6)16(20)21-17(3,4)5/h13-15,18H,7-12H2,1-6H3. The van der Waals surface area contributed by atoms with Gasteiger partial charge in [-0.2, -0.15) is 0 Å². The van der Waals surface area contributed by atoms with Crippen LogP contribution < -0.4 is 5.32 Å². The van der Waals surface area contributed by atoms with E-state index in [4.69, 9.17) is 4.74 Å². The number of hydrogen-bond acceptors (Lipinski definition) is 3. The Morgan fingerprint density at radius 3 is 2.33 bits per heavy atom. The molecular weight excluding hydrogens is 264 g/mol. The summed E-state index contributed by atoms with van der Waals surface area (Å²) in [6.07, 6.45) is 4.76. The largest absolute Gasteiger partial charge is 0.444 e. The van der Waals surface area contributed by atoms with Gasteiger partial charge >= 0.3 is 6.09 Å². The third-order valence-electron chi connectivity index (χ3n) is 4.30. The number of carbonyl (C=O) groups is 1. The SMILES string of the molecule is CC1CCCC(C)C1NCCCN(C)C(=O)OC(C)(C)C. The van der Waals surface area contributed by atoms with Gasteiger partial charge in [-0.1, -0.05) is 20.3 Å². The highest BCUT2D eigenvalue weighted by atomic mass is 16.6. The average Bonchev–Trinajstić information content (AvgIpc) is 2.35. The highest BCUT2D eigenvalue weighted by Crippen LogP contribution is 2.28. The van der Waals surface area contributed by atoms with E-state index in [1.54, 1.807) is 11.9 Å². The van der Waals surface area contributed by atoms with Crippen molar-refractivity contribution in [3.8, 4) is 0 Å². The molecule has 0 aromatic heterocycles. The molecule has 0 radical (unpaired) electrons. The quantitative estimate of drug-likeness (QED) is 0.788. The number of nitrogens with zero attached hydrogens (tertiary/aromatic N) is 1. The molecule has 1 N–H and O–H groups in total. The molecule has 0 heterocycles. The Kier molecular flexibility index (Phi) is 6.98. The van der Waals surface area contributed by atoms with Crippen LogP contribution in [0.1, 0.15) is 60.3 Å². The molecule has 0 bridgehead atoms. The van der Waals surface area contributed by atoms with Gasteiger partial charge in [0, 0.05) is 19.6 Å². The molecule has 0 saturated heterocycles. The predicted octanol–water partition coefficient (Wildman–Crippen LogP) is 3.66. The Bertz CT molecular complexity index is 315. The van der Waals surface area contributed by atoms with Crippen molar-refractivity contribution in [1.29, 1.82) is 0 Å². The van der Waals surface area contributed by atoms with Crippen LogP contribution in [0.3, 0.4) is 0 Å². The van der Waals surface area contributed by atoms with E-state index >= 15 is 0 Å². The number of rotatable bonds is 5. The molecule has 0 aromatic rings. The fourth-order valence-electron chi connectivity index (χ4n) is 3.10. The number of amides is 1. The molecule has 2 unspecified atom stereocenters. The molecule has 0 aromatic carbocycles. The maximum absolute atomic E-state index is 11.8. The van der Waals surface area contributed by atoms with E-state index in [1.165, 1.54) is 19.3 Å². The van der Waals surface area contributed by atoms with E-state index in [-0.39, 0.29) is 6.09 Å². The number of hydrogen-bond donors (Lipinski definition) is 1. The van der Waals surface area contributed by atoms with Crippen LogP contribution in [0.25, 0.3) is 0 Å². The minimum atomic E-state index is -0.420. The lowest BCUT2D eigenvalue weighted by atomic mass is 9.79. The lowest BCUT2D eigenvalue weighted by molar-refractivity contribution is 0.0296. The number of carbonyl (C=O) groups excluding carboxylic acids is 1. The fraction of sp³-hybridized carbons (Fsp3) is 0.941. The normalized spacial score (nSPS) is 26.5. The molecule has 4 nitrogen and oxygen atoms in total. The lowest BCUT2D eigenvalue weighted by Gasteiger charge is -2.35. The predicted molar refractivity (Wildman–Crippen MR) is 87.5 cm³/mol. The second-order valence-corrected chi connectivity index (χ2v) is 7.62. The maximum Gasteiger partial charge on any atom is 0.410 e. The first-order valence-corrected chi connectivity index (χ1v) is 8.38. The highest BCUT2D eigenvalue weighted by Gasteiger charge is 2.26. The van der Waals surface area contributed by atoms with Crippen molar-refractivity contribution >= 4 is 6.09 Å². The van der Waals surface area contributed by atoms with E-state index in [9.17, 15) is 4.79 Å². The Labute approximate surface area is 130 Å². The van der Waals surface area contributed by atoms with Crippen LogP contribution in [-0.2, 0) is 4.74 Å². The summed E-state index contributed by atoms with van der Waals surface area (Å²) < 4.78 is 5.35. The average molecular weight is 298 g/mol. The van der Waals surface area contributed by atoms with Gasteiger partial charge in [0.15, 0.2) is 0 Å². The van der Waals surface area contributed by atoms with Gasteiger partial charge in [-0.05, 0) is 58.4 Å². The second-order valence-electron chi connectivity index (χ2n) is 7.62. The van der Waals surface area contributed by atoms with Crippen LogP contribution >= 0.6 is 0 Å². The van der Waals surface area contributed by atoms with Crippen molar-refractivity contribution in [2.45, 2.75) is 71.9 Å². The van der Waals surface area contributed by atoms with Gasteiger partial charge < -0.3 is 15.0 Å². The van der Waals surface area contributed by atoms with Gasteiger partial charge in [0.05, 0.1) is 0 Å². The molecule has 1 fully saturated rings. The zero-order valence-electron chi connectivity index (χ0n) is 14.7. The molecule has 1 amide bonds. The summed E-state index contributed by atoms with van der Waals surface area (Å²) in [4.78, 5) is 13.5. The third-order valence-corrected chi connectivity index (χ3v) is 4.30. The summed E-state index contributed by atoms with van der Waals surface area (Å²) in [5.41, 5.74) is -0.420. The van der Waals surface area contributed by atoms with Crippen LogP contribution in [-0.4, -0.2) is 42.8 Å². The zero-order valence-corrected chi connectivity index (χ0v) is 14.7. The topological polar surface area (TPSA) is 41.6 Å².